The molecule has 3 heterocycles. The quantitative estimate of drug-likeness (QED) is 0.333. The van der Waals surface area contributed by atoms with E-state index in [1.54, 1.807) is 53.3 Å². The molecule has 33 heavy (non-hydrogen) atoms. The molecule has 3 aromatic heterocycles. The van der Waals surface area contributed by atoms with Crippen LogP contribution in [0.1, 0.15) is 47.5 Å². The van der Waals surface area contributed by atoms with Crippen LogP contribution in [0.15, 0.2) is 59.3 Å². The normalized spacial score (nSPS) is 11.0. The van der Waals surface area contributed by atoms with Crippen molar-refractivity contribution in [2.45, 2.75) is 26.8 Å². The lowest BCUT2D eigenvalue weighted by Crippen LogP contribution is -2.15. The van der Waals surface area contributed by atoms with Gasteiger partial charge in [-0.1, -0.05) is 0 Å². The Balaban J connectivity index is 1.57. The van der Waals surface area contributed by atoms with Gasteiger partial charge in [-0.3, -0.25) is 9.59 Å². The fourth-order valence-corrected chi connectivity index (χ4v) is 3.35. The maximum absolute atomic E-state index is 13.0. The molecule has 1 aromatic carbocycles. The molecular formula is C24H22N4O5. The summed E-state index contributed by atoms with van der Waals surface area (Å²) in [6, 6.07) is 11.4. The van der Waals surface area contributed by atoms with Crippen molar-refractivity contribution in [3.05, 3.63) is 66.1 Å². The summed E-state index contributed by atoms with van der Waals surface area (Å²) in [5.41, 5.74) is 2.16. The monoisotopic (exact) mass is 446 g/mol. The Kier molecular flexibility index (Phi) is 6.03. The van der Waals surface area contributed by atoms with Crippen LogP contribution in [0.4, 0.5) is 5.69 Å². The zero-order chi connectivity index (χ0) is 23.5. The standard InChI is InChI=1S/C24H22N4O5/c1-14(2)28-23-19(12-25-28)18(11-20(27-23)22-5-4-10-32-22)24(31)33-13-21(30)16-6-8-17(9-7-16)26-15(3)29/h4-12,14H,13H2,1-3H3,(H,26,29). The summed E-state index contributed by atoms with van der Waals surface area (Å²) in [6.45, 7) is 4.89. The third-order valence-electron chi connectivity index (χ3n) is 4.91. The largest absolute Gasteiger partial charge is 0.463 e. The van der Waals surface area contributed by atoms with Crippen molar-refractivity contribution in [3.8, 4) is 11.5 Å². The molecule has 1 amide bonds. The number of esters is 1. The Bertz CT molecular complexity index is 1320. The van der Waals surface area contributed by atoms with E-state index in [0.717, 1.165) is 0 Å². The molecule has 0 saturated carbocycles. The summed E-state index contributed by atoms with van der Waals surface area (Å²) in [4.78, 5) is 41.2. The molecule has 0 radical (unpaired) electrons. The van der Waals surface area contributed by atoms with E-state index in [4.69, 9.17) is 9.15 Å². The molecule has 9 heteroatoms. The number of rotatable bonds is 7. The lowest BCUT2D eigenvalue weighted by molar-refractivity contribution is -0.114. The number of furan rings is 1. The molecule has 0 atom stereocenters. The van der Waals surface area contributed by atoms with Crippen LogP contribution in [0, 0.1) is 0 Å². The number of fused-ring (bicyclic) bond motifs is 1. The molecule has 4 rings (SSSR count). The van der Waals surface area contributed by atoms with Crippen LogP contribution >= 0.6 is 0 Å². The number of benzene rings is 1. The number of carbonyl (C=O) groups is 3. The molecule has 0 aliphatic rings. The molecule has 0 unspecified atom stereocenters. The zero-order valence-electron chi connectivity index (χ0n) is 18.4. The number of ketones is 1. The minimum Gasteiger partial charge on any atom is -0.463 e. The number of aromatic nitrogens is 3. The van der Waals surface area contributed by atoms with Crippen LogP contribution in [0.5, 0.6) is 0 Å². The fourth-order valence-electron chi connectivity index (χ4n) is 3.35. The van der Waals surface area contributed by atoms with Crippen molar-refractivity contribution in [3.63, 3.8) is 0 Å². The van der Waals surface area contributed by atoms with Gasteiger partial charge in [0.1, 0.15) is 5.69 Å². The number of hydrogen-bond donors (Lipinski definition) is 1. The van der Waals surface area contributed by atoms with Gasteiger partial charge in [-0.2, -0.15) is 5.10 Å². The minimum atomic E-state index is -0.665. The molecule has 168 valence electrons. The molecular weight excluding hydrogens is 424 g/mol. The van der Waals surface area contributed by atoms with Crippen LogP contribution in [0.2, 0.25) is 0 Å². The summed E-state index contributed by atoms with van der Waals surface area (Å²) >= 11 is 0. The molecule has 0 bridgehead atoms. The second-order valence-electron chi connectivity index (χ2n) is 7.71. The van der Waals surface area contributed by atoms with Crippen molar-refractivity contribution >= 4 is 34.4 Å². The van der Waals surface area contributed by atoms with E-state index >= 15 is 0 Å². The van der Waals surface area contributed by atoms with Crippen LogP contribution in [0.25, 0.3) is 22.5 Å². The van der Waals surface area contributed by atoms with Gasteiger partial charge in [0.05, 0.1) is 23.4 Å². The van der Waals surface area contributed by atoms with Gasteiger partial charge >= 0.3 is 5.97 Å². The first kappa shape index (κ1) is 21.9. The second-order valence-corrected chi connectivity index (χ2v) is 7.71. The molecule has 0 aliphatic heterocycles. The SMILES string of the molecule is CC(=O)Nc1ccc(C(=O)COC(=O)c2cc(-c3ccco3)nc3c2cnn3C(C)C)cc1. The van der Waals surface area contributed by atoms with Crippen LogP contribution < -0.4 is 5.32 Å². The van der Waals surface area contributed by atoms with E-state index in [-0.39, 0.29) is 23.3 Å². The first-order chi connectivity index (χ1) is 15.8. The molecule has 4 aromatic rings. The number of pyridine rings is 1. The second kappa shape index (κ2) is 9.07. The highest BCUT2D eigenvalue weighted by Gasteiger charge is 2.21. The van der Waals surface area contributed by atoms with Gasteiger partial charge in [0.2, 0.25) is 5.91 Å². The van der Waals surface area contributed by atoms with Gasteiger partial charge < -0.3 is 14.5 Å². The first-order valence-corrected chi connectivity index (χ1v) is 10.3. The number of carbonyl (C=O) groups excluding carboxylic acids is 3. The average molecular weight is 446 g/mol. The number of amides is 1. The van der Waals surface area contributed by atoms with Crippen LogP contribution in [-0.4, -0.2) is 39.0 Å². The Morgan fingerprint density at radius 2 is 1.91 bits per heavy atom. The molecule has 0 aliphatic carbocycles. The number of nitrogens with zero attached hydrogens (tertiary/aromatic N) is 3. The summed E-state index contributed by atoms with van der Waals surface area (Å²) in [5, 5.41) is 7.50. The van der Waals surface area contributed by atoms with Gasteiger partial charge in [0.25, 0.3) is 0 Å². The number of hydrogen-bond acceptors (Lipinski definition) is 7. The predicted molar refractivity (Wildman–Crippen MR) is 121 cm³/mol. The van der Waals surface area contributed by atoms with E-state index in [1.807, 2.05) is 13.8 Å². The molecule has 0 fully saturated rings. The zero-order valence-corrected chi connectivity index (χ0v) is 18.4. The highest BCUT2D eigenvalue weighted by atomic mass is 16.5. The Morgan fingerprint density at radius 1 is 1.15 bits per heavy atom. The minimum absolute atomic E-state index is 0.0211. The summed E-state index contributed by atoms with van der Waals surface area (Å²) in [5.74, 6) is -0.743. The van der Waals surface area contributed by atoms with Gasteiger partial charge in [-0.15, -0.1) is 0 Å². The maximum atomic E-state index is 13.0. The molecule has 9 nitrogen and oxygen atoms in total. The van der Waals surface area contributed by atoms with Gasteiger partial charge in [0, 0.05) is 24.2 Å². The van der Waals surface area contributed by atoms with E-state index in [0.29, 0.717) is 33.7 Å². The molecule has 0 spiro atoms. The van der Waals surface area contributed by atoms with Crippen LogP contribution in [-0.2, 0) is 9.53 Å². The maximum Gasteiger partial charge on any atom is 0.339 e. The molecule has 0 saturated heterocycles. The Hall–Kier alpha value is -4.27. The van der Waals surface area contributed by atoms with Crippen molar-refractivity contribution in [2.24, 2.45) is 0 Å². The van der Waals surface area contributed by atoms with E-state index in [9.17, 15) is 14.4 Å². The first-order valence-electron chi connectivity index (χ1n) is 10.3. The number of nitrogens with one attached hydrogen (secondary N) is 1. The van der Waals surface area contributed by atoms with E-state index in [2.05, 4.69) is 15.4 Å². The van der Waals surface area contributed by atoms with E-state index < -0.39 is 12.6 Å². The lowest BCUT2D eigenvalue weighted by atomic mass is 10.1. The van der Waals surface area contributed by atoms with Crippen molar-refractivity contribution in [1.29, 1.82) is 0 Å². The number of anilines is 1. The lowest BCUT2D eigenvalue weighted by Gasteiger charge is -2.10. The third-order valence-corrected chi connectivity index (χ3v) is 4.91. The Labute approximate surface area is 189 Å². The van der Waals surface area contributed by atoms with E-state index in [1.165, 1.54) is 13.2 Å². The summed E-state index contributed by atoms with van der Waals surface area (Å²) in [7, 11) is 0. The van der Waals surface area contributed by atoms with Crippen molar-refractivity contribution in [1.82, 2.24) is 14.8 Å². The fraction of sp³-hybridized carbons (Fsp3) is 0.208. The number of ether oxygens (including phenoxy) is 1. The van der Waals surface area contributed by atoms with Crippen molar-refractivity contribution < 1.29 is 23.5 Å². The number of Topliss-reactive ketones (excluding diaryl/α,β-unsaturated/α-hetero) is 1. The highest BCUT2D eigenvalue weighted by molar-refractivity contribution is 6.05. The average Bonchev–Trinajstić information content (AvgIpc) is 3.46. The third kappa shape index (κ3) is 4.67. The Morgan fingerprint density at radius 3 is 2.55 bits per heavy atom. The van der Waals surface area contributed by atoms with Gasteiger partial charge in [0.15, 0.2) is 23.8 Å². The highest BCUT2D eigenvalue weighted by Crippen LogP contribution is 2.27. The van der Waals surface area contributed by atoms with Gasteiger partial charge in [-0.25, -0.2) is 14.5 Å². The molecule has 1 N–H and O–H groups in total. The predicted octanol–water partition coefficient (Wildman–Crippen LogP) is 4.27. The van der Waals surface area contributed by atoms with Gasteiger partial charge in [-0.05, 0) is 56.3 Å². The topological polar surface area (TPSA) is 116 Å². The summed E-state index contributed by atoms with van der Waals surface area (Å²) in [6.07, 6.45) is 3.09. The summed E-state index contributed by atoms with van der Waals surface area (Å²) < 4.78 is 12.5. The smallest absolute Gasteiger partial charge is 0.339 e. The van der Waals surface area contributed by atoms with Crippen molar-refractivity contribution in [2.75, 3.05) is 11.9 Å². The van der Waals surface area contributed by atoms with Crippen LogP contribution in [0.3, 0.4) is 0 Å².